The third kappa shape index (κ3) is 5.71. The largest absolute Gasteiger partial charge is 0.375 e. The summed E-state index contributed by atoms with van der Waals surface area (Å²) in [5.41, 5.74) is 1.43. The number of aliphatic imine (C=N–C) groups is 1. The van der Waals surface area contributed by atoms with E-state index in [4.69, 9.17) is 9.47 Å². The van der Waals surface area contributed by atoms with Gasteiger partial charge < -0.3 is 19.7 Å². The Labute approximate surface area is 157 Å². The number of hydrogen-bond donors (Lipinski definition) is 1. The Balaban J connectivity index is 1.33. The van der Waals surface area contributed by atoms with Gasteiger partial charge in [0.1, 0.15) is 6.10 Å². The number of benzene rings is 1. The third-order valence-electron chi connectivity index (χ3n) is 5.25. The number of hydrogen-bond acceptors (Lipinski definition) is 3. The van der Waals surface area contributed by atoms with Crippen molar-refractivity contribution >= 4 is 5.96 Å². The average molecular weight is 360 g/mol. The summed E-state index contributed by atoms with van der Waals surface area (Å²) >= 11 is 0. The maximum Gasteiger partial charge on any atom is 0.193 e. The van der Waals surface area contributed by atoms with Crippen molar-refractivity contribution < 1.29 is 9.47 Å². The number of unbranched alkanes of at least 4 members (excludes halogenated alkanes) is 2. The zero-order chi connectivity index (χ0) is 18.0. The molecule has 0 spiro atoms. The van der Waals surface area contributed by atoms with E-state index < -0.39 is 0 Å². The van der Waals surface area contributed by atoms with E-state index in [1.54, 1.807) is 0 Å². The summed E-state index contributed by atoms with van der Waals surface area (Å²) in [5.74, 6) is 0.999. The summed E-state index contributed by atoms with van der Waals surface area (Å²) in [4.78, 5) is 6.79. The quantitative estimate of drug-likeness (QED) is 0.462. The maximum atomic E-state index is 5.94. The van der Waals surface area contributed by atoms with Crippen LogP contribution in [0.2, 0.25) is 0 Å². The molecule has 3 rings (SSSR count). The van der Waals surface area contributed by atoms with E-state index in [0.29, 0.717) is 0 Å². The third-order valence-corrected chi connectivity index (χ3v) is 5.25. The van der Waals surface area contributed by atoms with Crippen molar-refractivity contribution in [2.24, 2.45) is 4.99 Å². The van der Waals surface area contributed by atoms with Crippen molar-refractivity contribution in [3.8, 4) is 0 Å². The van der Waals surface area contributed by atoms with Crippen LogP contribution in [0.25, 0.3) is 0 Å². The first-order valence-corrected chi connectivity index (χ1v) is 10.1. The summed E-state index contributed by atoms with van der Waals surface area (Å²) in [6.07, 6.45) is 7.52. The normalized spacial score (nSPS) is 24.0. The number of morpholine rings is 1. The lowest BCUT2D eigenvalue weighted by atomic mass is 10.1. The fraction of sp³-hybridized carbons (Fsp3) is 0.667. The molecular weight excluding hydrogens is 326 g/mol. The lowest BCUT2D eigenvalue weighted by Crippen LogP contribution is -2.53. The van der Waals surface area contributed by atoms with E-state index in [2.05, 4.69) is 45.5 Å². The van der Waals surface area contributed by atoms with Gasteiger partial charge in [-0.3, -0.25) is 4.99 Å². The molecule has 2 atom stereocenters. The van der Waals surface area contributed by atoms with Crippen LogP contribution in [-0.2, 0) is 15.9 Å². The summed E-state index contributed by atoms with van der Waals surface area (Å²) in [6, 6.07) is 10.7. The second-order valence-corrected chi connectivity index (χ2v) is 7.18. The monoisotopic (exact) mass is 359 g/mol. The summed E-state index contributed by atoms with van der Waals surface area (Å²) in [6.45, 7) is 4.38. The lowest BCUT2D eigenvalue weighted by molar-refractivity contribution is -0.0816. The first kappa shape index (κ1) is 19.2. The SMILES string of the molecule is CN=C(NCCCCCc1ccccc1)N1CCOC(C2CCCO2)C1. The molecule has 2 heterocycles. The van der Waals surface area contributed by atoms with Crippen molar-refractivity contribution in [2.45, 2.75) is 50.7 Å². The molecule has 2 saturated heterocycles. The highest BCUT2D eigenvalue weighted by atomic mass is 16.5. The maximum absolute atomic E-state index is 5.94. The molecule has 5 heteroatoms. The highest BCUT2D eigenvalue weighted by molar-refractivity contribution is 5.80. The van der Waals surface area contributed by atoms with Crippen LogP contribution < -0.4 is 5.32 Å². The van der Waals surface area contributed by atoms with Crippen molar-refractivity contribution in [2.75, 3.05) is 39.9 Å². The Morgan fingerprint density at radius 2 is 1.96 bits per heavy atom. The Morgan fingerprint density at radius 3 is 2.73 bits per heavy atom. The van der Waals surface area contributed by atoms with Crippen LogP contribution in [0.3, 0.4) is 0 Å². The molecule has 0 radical (unpaired) electrons. The molecule has 0 aliphatic carbocycles. The van der Waals surface area contributed by atoms with Gasteiger partial charge in [0.2, 0.25) is 0 Å². The van der Waals surface area contributed by atoms with E-state index in [9.17, 15) is 0 Å². The summed E-state index contributed by atoms with van der Waals surface area (Å²) in [5, 5.41) is 3.53. The zero-order valence-electron chi connectivity index (χ0n) is 16.0. The van der Waals surface area contributed by atoms with Crippen LogP contribution in [0.1, 0.15) is 37.7 Å². The molecule has 0 bridgehead atoms. The standard InChI is InChI=1S/C21H33N3O2/c1-22-21(23-13-7-3-6-11-18-9-4-2-5-10-18)24-14-16-26-20(17-24)19-12-8-15-25-19/h2,4-5,9-10,19-20H,3,6-8,11-17H2,1H3,(H,22,23). The van der Waals surface area contributed by atoms with Gasteiger partial charge in [0.15, 0.2) is 5.96 Å². The van der Waals surface area contributed by atoms with Crippen molar-refractivity contribution in [3.63, 3.8) is 0 Å². The lowest BCUT2D eigenvalue weighted by Gasteiger charge is -2.37. The number of rotatable bonds is 7. The zero-order valence-corrected chi connectivity index (χ0v) is 16.0. The first-order valence-electron chi connectivity index (χ1n) is 10.1. The molecule has 0 saturated carbocycles. The number of nitrogens with one attached hydrogen (secondary N) is 1. The van der Waals surface area contributed by atoms with Gasteiger partial charge in [-0.1, -0.05) is 36.8 Å². The Bertz CT molecular complexity index is 543. The van der Waals surface area contributed by atoms with Crippen LogP contribution in [0.15, 0.2) is 35.3 Å². The molecule has 1 aromatic carbocycles. The summed E-state index contributed by atoms with van der Waals surface area (Å²) < 4.78 is 11.7. The van der Waals surface area contributed by atoms with Gasteiger partial charge in [-0.25, -0.2) is 0 Å². The highest BCUT2D eigenvalue weighted by Crippen LogP contribution is 2.21. The van der Waals surface area contributed by atoms with Gasteiger partial charge in [-0.2, -0.15) is 0 Å². The highest BCUT2D eigenvalue weighted by Gasteiger charge is 2.32. The molecule has 1 N–H and O–H groups in total. The van der Waals surface area contributed by atoms with Crippen LogP contribution in [-0.4, -0.2) is 63.0 Å². The molecular formula is C21H33N3O2. The fourth-order valence-electron chi connectivity index (χ4n) is 3.80. The number of aryl methyl sites for hydroxylation is 1. The fourth-order valence-corrected chi connectivity index (χ4v) is 3.80. The van der Waals surface area contributed by atoms with Gasteiger partial charge in [0.25, 0.3) is 0 Å². The number of ether oxygens (including phenoxy) is 2. The number of guanidine groups is 1. The van der Waals surface area contributed by atoms with E-state index in [-0.39, 0.29) is 12.2 Å². The minimum Gasteiger partial charge on any atom is -0.375 e. The molecule has 26 heavy (non-hydrogen) atoms. The molecule has 144 valence electrons. The van der Waals surface area contributed by atoms with Crippen molar-refractivity contribution in [3.05, 3.63) is 35.9 Å². The number of nitrogens with zero attached hydrogens (tertiary/aromatic N) is 2. The second-order valence-electron chi connectivity index (χ2n) is 7.18. The van der Waals surface area contributed by atoms with Crippen LogP contribution in [0.4, 0.5) is 0 Å². The molecule has 2 aliphatic rings. The van der Waals surface area contributed by atoms with Gasteiger partial charge >= 0.3 is 0 Å². The predicted molar refractivity (Wildman–Crippen MR) is 106 cm³/mol. The minimum atomic E-state index is 0.177. The molecule has 0 amide bonds. The first-order chi connectivity index (χ1) is 12.9. The van der Waals surface area contributed by atoms with Crippen molar-refractivity contribution in [1.29, 1.82) is 0 Å². The van der Waals surface area contributed by atoms with E-state index >= 15 is 0 Å². The van der Waals surface area contributed by atoms with Gasteiger partial charge in [0.05, 0.1) is 12.7 Å². The van der Waals surface area contributed by atoms with Crippen LogP contribution in [0.5, 0.6) is 0 Å². The molecule has 2 fully saturated rings. The van der Waals surface area contributed by atoms with Crippen LogP contribution in [0, 0.1) is 0 Å². The van der Waals surface area contributed by atoms with Crippen LogP contribution >= 0.6 is 0 Å². The topological polar surface area (TPSA) is 46.1 Å². The summed E-state index contributed by atoms with van der Waals surface area (Å²) in [7, 11) is 1.87. The molecule has 2 unspecified atom stereocenters. The van der Waals surface area contributed by atoms with E-state index in [1.807, 2.05) is 7.05 Å². The predicted octanol–water partition coefficient (Wildman–Crippen LogP) is 2.85. The Hall–Kier alpha value is -1.59. The molecule has 1 aromatic rings. The van der Waals surface area contributed by atoms with Gasteiger partial charge in [0, 0.05) is 33.3 Å². The van der Waals surface area contributed by atoms with Gasteiger partial charge in [-0.05, 0) is 37.7 Å². The second kappa shape index (κ2) is 10.5. The van der Waals surface area contributed by atoms with E-state index in [0.717, 1.165) is 51.6 Å². The van der Waals surface area contributed by atoms with E-state index in [1.165, 1.54) is 31.2 Å². The smallest absolute Gasteiger partial charge is 0.193 e. The Kier molecular flexibility index (Phi) is 7.77. The Morgan fingerprint density at radius 1 is 1.12 bits per heavy atom. The minimum absolute atomic E-state index is 0.177. The van der Waals surface area contributed by atoms with Gasteiger partial charge in [-0.15, -0.1) is 0 Å². The molecule has 0 aromatic heterocycles. The molecule has 2 aliphatic heterocycles. The molecule has 5 nitrogen and oxygen atoms in total. The van der Waals surface area contributed by atoms with Crippen molar-refractivity contribution in [1.82, 2.24) is 10.2 Å². The average Bonchev–Trinajstić information content (AvgIpc) is 3.23.